The third-order valence-corrected chi connectivity index (χ3v) is 4.58. The van der Waals surface area contributed by atoms with Crippen molar-refractivity contribution in [2.24, 2.45) is 11.7 Å². The van der Waals surface area contributed by atoms with Crippen LogP contribution in [0.25, 0.3) is 0 Å². The van der Waals surface area contributed by atoms with Crippen molar-refractivity contribution >= 4 is 23.8 Å². The van der Waals surface area contributed by atoms with Crippen LogP contribution in [0.15, 0.2) is 24.4 Å². The van der Waals surface area contributed by atoms with Gasteiger partial charge in [0.1, 0.15) is 12.2 Å². The standard InChI is InChI=1S/C19H26N4O5/c20-14(10-13-6-2-1-3-7-13)18(26)23-11-16(24)22-12-17(25)28-19(27)15-8-4-5-9-21-15/h4-5,8-9,13-14H,1-3,6-7,10-12,20H2,(H,22,24)(H,23,26)/t14-/m0/s1. The highest BCUT2D eigenvalue weighted by Gasteiger charge is 2.21. The number of nitrogens with zero attached hydrogens (tertiary/aromatic N) is 1. The predicted octanol–water partition coefficient (Wildman–Crippen LogP) is 0.295. The number of hydrogen-bond acceptors (Lipinski definition) is 7. The van der Waals surface area contributed by atoms with Gasteiger partial charge in [-0.2, -0.15) is 0 Å². The first-order valence-electron chi connectivity index (χ1n) is 9.41. The minimum absolute atomic E-state index is 0.0126. The Kier molecular flexibility index (Phi) is 8.54. The first-order valence-corrected chi connectivity index (χ1v) is 9.41. The quantitative estimate of drug-likeness (QED) is 0.428. The van der Waals surface area contributed by atoms with Crippen molar-refractivity contribution in [3.05, 3.63) is 30.1 Å². The van der Waals surface area contributed by atoms with Crippen LogP contribution in [0.2, 0.25) is 0 Å². The van der Waals surface area contributed by atoms with E-state index in [1.165, 1.54) is 31.5 Å². The summed E-state index contributed by atoms with van der Waals surface area (Å²) in [5, 5.41) is 4.73. The molecular formula is C19H26N4O5. The van der Waals surface area contributed by atoms with Crippen molar-refractivity contribution in [2.45, 2.75) is 44.6 Å². The van der Waals surface area contributed by atoms with E-state index >= 15 is 0 Å². The normalized spacial score (nSPS) is 15.3. The zero-order chi connectivity index (χ0) is 20.4. The number of carbonyl (C=O) groups excluding carboxylic acids is 4. The number of pyridine rings is 1. The molecule has 1 aromatic heterocycles. The lowest BCUT2D eigenvalue weighted by atomic mass is 9.85. The van der Waals surface area contributed by atoms with Crippen LogP contribution < -0.4 is 16.4 Å². The maximum absolute atomic E-state index is 12.0. The molecule has 0 radical (unpaired) electrons. The van der Waals surface area contributed by atoms with Gasteiger partial charge in [0.05, 0.1) is 12.6 Å². The Morgan fingerprint density at radius 2 is 1.86 bits per heavy atom. The lowest BCUT2D eigenvalue weighted by molar-refractivity contribution is -0.138. The molecule has 1 saturated carbocycles. The summed E-state index contributed by atoms with van der Waals surface area (Å²) in [6.07, 6.45) is 7.73. The largest absolute Gasteiger partial charge is 0.387 e. The van der Waals surface area contributed by atoms with Crippen LogP contribution in [0.5, 0.6) is 0 Å². The summed E-state index contributed by atoms with van der Waals surface area (Å²) in [6.45, 7) is -0.805. The third kappa shape index (κ3) is 7.43. The highest BCUT2D eigenvalue weighted by atomic mass is 16.6. The van der Waals surface area contributed by atoms with Gasteiger partial charge in [0.25, 0.3) is 0 Å². The number of aromatic nitrogens is 1. The number of ether oxygens (including phenoxy) is 1. The molecule has 0 unspecified atom stereocenters. The van der Waals surface area contributed by atoms with Crippen LogP contribution in [0.1, 0.15) is 49.0 Å². The van der Waals surface area contributed by atoms with Crippen LogP contribution in [0.3, 0.4) is 0 Å². The fourth-order valence-electron chi connectivity index (χ4n) is 3.10. The molecule has 1 heterocycles. The molecule has 2 amide bonds. The van der Waals surface area contributed by atoms with E-state index in [2.05, 4.69) is 20.4 Å². The van der Waals surface area contributed by atoms with E-state index in [1.807, 2.05) is 0 Å². The monoisotopic (exact) mass is 390 g/mol. The summed E-state index contributed by atoms with van der Waals surface area (Å²) in [5.41, 5.74) is 5.89. The van der Waals surface area contributed by atoms with Gasteiger partial charge < -0.3 is 21.1 Å². The molecule has 0 bridgehead atoms. The molecule has 1 fully saturated rings. The number of carbonyl (C=O) groups is 4. The van der Waals surface area contributed by atoms with Gasteiger partial charge in [-0.15, -0.1) is 0 Å². The van der Waals surface area contributed by atoms with Gasteiger partial charge in [0.2, 0.25) is 11.8 Å². The summed E-state index contributed by atoms with van der Waals surface area (Å²) in [7, 11) is 0. The SMILES string of the molecule is N[C@@H](CC1CCCCC1)C(=O)NCC(=O)NCC(=O)OC(=O)c1ccccn1. The van der Waals surface area contributed by atoms with Gasteiger partial charge in [-0.25, -0.2) is 14.6 Å². The lowest BCUT2D eigenvalue weighted by Gasteiger charge is -2.24. The molecule has 1 atom stereocenters. The lowest BCUT2D eigenvalue weighted by Crippen LogP contribution is -2.46. The maximum Gasteiger partial charge on any atom is 0.364 e. The van der Waals surface area contributed by atoms with E-state index in [0.717, 1.165) is 12.8 Å². The Labute approximate surface area is 163 Å². The van der Waals surface area contributed by atoms with Crippen molar-refractivity contribution in [2.75, 3.05) is 13.1 Å². The zero-order valence-corrected chi connectivity index (χ0v) is 15.7. The summed E-state index contributed by atoms with van der Waals surface area (Å²) >= 11 is 0. The van der Waals surface area contributed by atoms with Gasteiger partial charge in [-0.05, 0) is 24.5 Å². The second-order valence-electron chi connectivity index (χ2n) is 6.82. The molecule has 28 heavy (non-hydrogen) atoms. The van der Waals surface area contributed by atoms with E-state index in [4.69, 9.17) is 5.73 Å². The molecule has 9 nitrogen and oxygen atoms in total. The Balaban J connectivity index is 1.62. The number of rotatable bonds is 8. The first-order chi connectivity index (χ1) is 13.5. The molecule has 0 spiro atoms. The Morgan fingerprint density at radius 1 is 1.11 bits per heavy atom. The smallest absolute Gasteiger partial charge is 0.364 e. The van der Waals surface area contributed by atoms with Crippen molar-refractivity contribution in [3.8, 4) is 0 Å². The first kappa shape index (κ1) is 21.5. The summed E-state index contributed by atoms with van der Waals surface area (Å²) in [6, 6.07) is 3.95. The third-order valence-electron chi connectivity index (χ3n) is 4.58. The fourth-order valence-corrected chi connectivity index (χ4v) is 3.10. The average Bonchev–Trinajstić information content (AvgIpc) is 2.71. The topological polar surface area (TPSA) is 140 Å². The number of amides is 2. The summed E-state index contributed by atoms with van der Waals surface area (Å²) in [4.78, 5) is 50.8. The minimum Gasteiger partial charge on any atom is -0.387 e. The highest BCUT2D eigenvalue weighted by molar-refractivity contribution is 5.96. The Bertz CT molecular complexity index is 689. The number of nitrogens with one attached hydrogen (secondary N) is 2. The van der Waals surface area contributed by atoms with Crippen LogP contribution in [-0.2, 0) is 19.1 Å². The molecule has 1 aliphatic rings. The summed E-state index contributed by atoms with van der Waals surface area (Å²) < 4.78 is 4.57. The van der Waals surface area contributed by atoms with E-state index < -0.39 is 36.3 Å². The molecule has 2 rings (SSSR count). The molecule has 0 aromatic carbocycles. The predicted molar refractivity (Wildman–Crippen MR) is 99.8 cm³/mol. The minimum atomic E-state index is -0.927. The van der Waals surface area contributed by atoms with Crippen molar-refractivity contribution in [1.29, 1.82) is 0 Å². The second kappa shape index (κ2) is 11.1. The van der Waals surface area contributed by atoms with Crippen molar-refractivity contribution in [3.63, 3.8) is 0 Å². The van der Waals surface area contributed by atoms with Crippen LogP contribution in [0, 0.1) is 5.92 Å². The van der Waals surface area contributed by atoms with E-state index in [9.17, 15) is 19.2 Å². The number of esters is 2. The second-order valence-corrected chi connectivity index (χ2v) is 6.82. The molecular weight excluding hydrogens is 364 g/mol. The number of nitrogens with two attached hydrogens (primary N) is 1. The van der Waals surface area contributed by atoms with E-state index in [-0.39, 0.29) is 12.2 Å². The van der Waals surface area contributed by atoms with Crippen LogP contribution >= 0.6 is 0 Å². The van der Waals surface area contributed by atoms with E-state index in [0.29, 0.717) is 12.3 Å². The van der Waals surface area contributed by atoms with E-state index in [1.54, 1.807) is 12.1 Å². The van der Waals surface area contributed by atoms with Crippen molar-refractivity contribution in [1.82, 2.24) is 15.6 Å². The average molecular weight is 390 g/mol. The Morgan fingerprint density at radius 3 is 2.54 bits per heavy atom. The van der Waals surface area contributed by atoms with Gasteiger partial charge in [-0.3, -0.25) is 9.59 Å². The Hall–Kier alpha value is -2.81. The van der Waals surface area contributed by atoms with Crippen molar-refractivity contribution < 1.29 is 23.9 Å². The summed E-state index contributed by atoms with van der Waals surface area (Å²) in [5.74, 6) is -2.35. The van der Waals surface area contributed by atoms with Gasteiger partial charge in [0.15, 0.2) is 0 Å². The molecule has 1 aromatic rings. The van der Waals surface area contributed by atoms with Crippen LogP contribution in [-0.4, -0.2) is 47.9 Å². The molecule has 0 saturated heterocycles. The molecule has 9 heteroatoms. The highest BCUT2D eigenvalue weighted by Crippen LogP contribution is 2.26. The van der Waals surface area contributed by atoms with Gasteiger partial charge >= 0.3 is 11.9 Å². The molecule has 1 aliphatic carbocycles. The van der Waals surface area contributed by atoms with Crippen LogP contribution in [0.4, 0.5) is 0 Å². The fraction of sp³-hybridized carbons (Fsp3) is 0.526. The molecule has 0 aliphatic heterocycles. The maximum atomic E-state index is 12.0. The molecule has 4 N–H and O–H groups in total. The van der Waals surface area contributed by atoms with Gasteiger partial charge in [-0.1, -0.05) is 38.2 Å². The van der Waals surface area contributed by atoms with Gasteiger partial charge in [0, 0.05) is 6.20 Å². The zero-order valence-electron chi connectivity index (χ0n) is 15.7. The molecule has 152 valence electrons. The number of hydrogen-bond donors (Lipinski definition) is 3.